The Hall–Kier alpha value is -0.0600. The quantitative estimate of drug-likeness (QED) is 0.605. The normalized spacial score (nSPS) is 9.88. The maximum atomic E-state index is 4.11. The fourth-order valence-electron chi connectivity index (χ4n) is 0.580. The molecule has 0 saturated heterocycles. The summed E-state index contributed by atoms with van der Waals surface area (Å²) in [5.74, 6) is 0. The van der Waals surface area contributed by atoms with Crippen LogP contribution in [0.5, 0.6) is 0 Å². The Bertz CT molecular complexity index is 173. The van der Waals surface area contributed by atoms with Gasteiger partial charge in [0.15, 0.2) is 0 Å². The van der Waals surface area contributed by atoms with Crippen molar-refractivity contribution in [1.29, 1.82) is 0 Å². The fourth-order valence-corrected chi connectivity index (χ4v) is 1.06. The van der Waals surface area contributed by atoms with Crippen LogP contribution in [0.2, 0.25) is 0 Å². The molecule has 1 rings (SSSR count). The van der Waals surface area contributed by atoms with Gasteiger partial charge in [-0.05, 0) is 29.5 Å². The molecule has 0 aliphatic heterocycles. The Morgan fingerprint density at radius 2 is 2.38 bits per heavy atom. The molecule has 1 aromatic heterocycles. The first-order chi connectivity index (χ1) is 3.70. The van der Waals surface area contributed by atoms with E-state index in [0.717, 1.165) is 3.70 Å². The molecule has 0 atom stereocenters. The SMILES string of the molecule is Cc1cn(C)nc1I. The van der Waals surface area contributed by atoms with Gasteiger partial charge in [0.05, 0.1) is 0 Å². The molecule has 0 amide bonds. The topological polar surface area (TPSA) is 17.8 Å². The highest BCUT2D eigenvalue weighted by atomic mass is 127. The minimum Gasteiger partial charge on any atom is -0.274 e. The molecule has 0 aliphatic rings. The van der Waals surface area contributed by atoms with E-state index in [-0.39, 0.29) is 0 Å². The summed E-state index contributed by atoms with van der Waals surface area (Å²) in [6.07, 6.45) is 2.00. The van der Waals surface area contributed by atoms with Crippen LogP contribution in [-0.4, -0.2) is 9.78 Å². The van der Waals surface area contributed by atoms with Crippen molar-refractivity contribution in [3.05, 3.63) is 15.5 Å². The smallest absolute Gasteiger partial charge is 0.126 e. The molecule has 0 radical (unpaired) electrons. The third-order valence-corrected chi connectivity index (χ3v) is 2.02. The summed E-state index contributed by atoms with van der Waals surface area (Å²) in [7, 11) is 1.93. The minimum atomic E-state index is 1.09. The Balaban J connectivity index is 3.14. The Morgan fingerprint density at radius 3 is 2.50 bits per heavy atom. The van der Waals surface area contributed by atoms with E-state index in [1.54, 1.807) is 0 Å². The molecule has 0 unspecified atom stereocenters. The zero-order chi connectivity index (χ0) is 6.15. The van der Waals surface area contributed by atoms with Gasteiger partial charge >= 0.3 is 0 Å². The second-order valence-electron chi connectivity index (χ2n) is 1.78. The fraction of sp³-hybridized carbons (Fsp3) is 0.400. The number of halogens is 1. The zero-order valence-electron chi connectivity index (χ0n) is 4.85. The van der Waals surface area contributed by atoms with Crippen LogP contribution < -0.4 is 0 Å². The number of aryl methyl sites for hydroxylation is 2. The van der Waals surface area contributed by atoms with Crippen LogP contribution in [0, 0.1) is 10.6 Å². The van der Waals surface area contributed by atoms with Crippen LogP contribution in [0.3, 0.4) is 0 Å². The molecule has 0 N–H and O–H groups in total. The van der Waals surface area contributed by atoms with Crippen molar-refractivity contribution in [1.82, 2.24) is 9.78 Å². The van der Waals surface area contributed by atoms with E-state index >= 15 is 0 Å². The van der Waals surface area contributed by atoms with Crippen molar-refractivity contribution in [2.75, 3.05) is 0 Å². The van der Waals surface area contributed by atoms with Gasteiger partial charge in [0.25, 0.3) is 0 Å². The van der Waals surface area contributed by atoms with Gasteiger partial charge in [0, 0.05) is 18.8 Å². The van der Waals surface area contributed by atoms with Crippen molar-refractivity contribution in [3.63, 3.8) is 0 Å². The lowest BCUT2D eigenvalue weighted by atomic mass is 10.4. The van der Waals surface area contributed by atoms with Crippen LogP contribution in [0.4, 0.5) is 0 Å². The molecule has 1 heterocycles. The van der Waals surface area contributed by atoms with Gasteiger partial charge in [0.1, 0.15) is 3.70 Å². The molecule has 44 valence electrons. The number of aromatic nitrogens is 2. The van der Waals surface area contributed by atoms with Crippen LogP contribution in [0.15, 0.2) is 6.20 Å². The van der Waals surface area contributed by atoms with Gasteiger partial charge < -0.3 is 0 Å². The van der Waals surface area contributed by atoms with Crippen molar-refractivity contribution in [3.8, 4) is 0 Å². The van der Waals surface area contributed by atoms with E-state index in [0.29, 0.717) is 0 Å². The summed E-state index contributed by atoms with van der Waals surface area (Å²) in [4.78, 5) is 0. The molecule has 0 spiro atoms. The lowest BCUT2D eigenvalue weighted by molar-refractivity contribution is 0.759. The second kappa shape index (κ2) is 2.05. The third kappa shape index (κ3) is 1.02. The lowest BCUT2D eigenvalue weighted by Gasteiger charge is -1.79. The van der Waals surface area contributed by atoms with E-state index in [4.69, 9.17) is 0 Å². The van der Waals surface area contributed by atoms with E-state index in [1.807, 2.05) is 17.9 Å². The molecule has 0 aliphatic carbocycles. The van der Waals surface area contributed by atoms with Crippen LogP contribution >= 0.6 is 22.6 Å². The summed E-state index contributed by atoms with van der Waals surface area (Å²) in [6.45, 7) is 2.05. The molecule has 3 heteroatoms. The Morgan fingerprint density at radius 1 is 1.75 bits per heavy atom. The van der Waals surface area contributed by atoms with Crippen LogP contribution in [-0.2, 0) is 7.05 Å². The second-order valence-corrected chi connectivity index (χ2v) is 2.80. The molecule has 0 bridgehead atoms. The maximum Gasteiger partial charge on any atom is 0.126 e. The van der Waals surface area contributed by atoms with Crippen molar-refractivity contribution in [2.24, 2.45) is 7.05 Å². The van der Waals surface area contributed by atoms with Gasteiger partial charge in [0.2, 0.25) is 0 Å². The number of rotatable bonds is 0. The van der Waals surface area contributed by atoms with Crippen LogP contribution in [0.25, 0.3) is 0 Å². The van der Waals surface area contributed by atoms with Gasteiger partial charge in [-0.2, -0.15) is 5.10 Å². The molecular formula is C5H7IN2. The third-order valence-electron chi connectivity index (χ3n) is 0.951. The Labute approximate surface area is 62.0 Å². The first-order valence-electron chi connectivity index (χ1n) is 2.36. The van der Waals surface area contributed by atoms with Crippen molar-refractivity contribution >= 4 is 22.6 Å². The predicted molar refractivity (Wildman–Crippen MR) is 40.7 cm³/mol. The number of hydrogen-bond acceptors (Lipinski definition) is 1. The average Bonchev–Trinajstić information content (AvgIpc) is 1.85. The van der Waals surface area contributed by atoms with Gasteiger partial charge in [-0.25, -0.2) is 0 Å². The summed E-state index contributed by atoms with van der Waals surface area (Å²) < 4.78 is 2.90. The molecule has 8 heavy (non-hydrogen) atoms. The molecule has 0 aromatic carbocycles. The van der Waals surface area contributed by atoms with Crippen LogP contribution in [0.1, 0.15) is 5.56 Å². The number of hydrogen-bond donors (Lipinski definition) is 0. The Kier molecular flexibility index (Phi) is 1.55. The van der Waals surface area contributed by atoms with E-state index in [2.05, 4.69) is 34.6 Å². The van der Waals surface area contributed by atoms with Gasteiger partial charge in [-0.15, -0.1) is 0 Å². The monoisotopic (exact) mass is 222 g/mol. The summed E-state index contributed by atoms with van der Waals surface area (Å²) in [6, 6.07) is 0. The summed E-state index contributed by atoms with van der Waals surface area (Å²) in [5.41, 5.74) is 1.24. The minimum absolute atomic E-state index is 1.09. The van der Waals surface area contributed by atoms with Crippen molar-refractivity contribution in [2.45, 2.75) is 6.92 Å². The van der Waals surface area contributed by atoms with E-state index in [1.165, 1.54) is 5.56 Å². The summed E-state index contributed by atoms with van der Waals surface area (Å²) in [5, 5.41) is 4.11. The number of nitrogens with zero attached hydrogens (tertiary/aromatic N) is 2. The highest BCUT2D eigenvalue weighted by molar-refractivity contribution is 14.1. The average molecular weight is 222 g/mol. The molecule has 2 nitrogen and oxygen atoms in total. The van der Waals surface area contributed by atoms with E-state index < -0.39 is 0 Å². The molecule has 0 saturated carbocycles. The predicted octanol–water partition coefficient (Wildman–Crippen LogP) is 1.33. The van der Waals surface area contributed by atoms with Gasteiger partial charge in [-0.3, -0.25) is 4.68 Å². The standard InChI is InChI=1S/C5H7IN2/c1-4-3-8(2)7-5(4)6/h3H,1-2H3. The van der Waals surface area contributed by atoms with Gasteiger partial charge in [-0.1, -0.05) is 0 Å². The zero-order valence-corrected chi connectivity index (χ0v) is 7.01. The molecule has 0 fully saturated rings. The highest BCUT2D eigenvalue weighted by Gasteiger charge is 1.94. The molecular weight excluding hydrogens is 215 g/mol. The molecule has 1 aromatic rings. The highest BCUT2D eigenvalue weighted by Crippen LogP contribution is 2.05. The lowest BCUT2D eigenvalue weighted by Crippen LogP contribution is -1.85. The first-order valence-corrected chi connectivity index (χ1v) is 3.44. The largest absolute Gasteiger partial charge is 0.274 e. The van der Waals surface area contributed by atoms with E-state index in [9.17, 15) is 0 Å². The maximum absolute atomic E-state index is 4.11. The summed E-state index contributed by atoms with van der Waals surface area (Å²) >= 11 is 2.21. The first kappa shape index (κ1) is 6.07. The van der Waals surface area contributed by atoms with Crippen molar-refractivity contribution < 1.29 is 0 Å².